The number of halogens is 1. The zero-order chi connectivity index (χ0) is 26.5. The Labute approximate surface area is 204 Å². The van der Waals surface area contributed by atoms with Crippen LogP contribution in [0.1, 0.15) is 65.2 Å². The highest BCUT2D eigenvalue weighted by atomic mass is 32.2. The molecule has 0 aliphatic heterocycles. The highest BCUT2D eigenvalue weighted by Crippen LogP contribution is 2.38. The minimum atomic E-state index is -3.94. The summed E-state index contributed by atoms with van der Waals surface area (Å²) in [6.45, 7) is 15.4. The third-order valence-electron chi connectivity index (χ3n) is 5.33. The number of amides is 1. The van der Waals surface area contributed by atoms with Crippen LogP contribution in [-0.2, 0) is 23.5 Å². The summed E-state index contributed by atoms with van der Waals surface area (Å²) in [5.41, 5.74) is -0.481. The maximum Gasteiger partial charge on any atom is 0.407 e. The number of nitriles is 1. The van der Waals surface area contributed by atoms with Gasteiger partial charge in [0, 0.05) is 13.0 Å². The smallest absolute Gasteiger partial charge is 0.407 e. The van der Waals surface area contributed by atoms with Crippen molar-refractivity contribution in [3.05, 3.63) is 35.1 Å². The number of benzene rings is 1. The van der Waals surface area contributed by atoms with E-state index < -0.39 is 48.2 Å². The molecule has 1 aromatic carbocycles. The lowest BCUT2D eigenvalue weighted by Gasteiger charge is -2.40. The van der Waals surface area contributed by atoms with Gasteiger partial charge in [-0.15, -0.1) is 0 Å². The number of ether oxygens (including phenoxy) is 1. The van der Waals surface area contributed by atoms with Gasteiger partial charge in [-0.25, -0.2) is 9.18 Å². The fourth-order valence-corrected chi connectivity index (χ4v) is 4.80. The second-order valence-corrected chi connectivity index (χ2v) is 17.1. The summed E-state index contributed by atoms with van der Waals surface area (Å²) < 4.78 is 55.2. The average molecular weight is 517 g/mol. The van der Waals surface area contributed by atoms with Crippen molar-refractivity contribution in [1.29, 1.82) is 5.26 Å². The third kappa shape index (κ3) is 10.5. The van der Waals surface area contributed by atoms with Gasteiger partial charge >= 0.3 is 6.09 Å². The van der Waals surface area contributed by atoms with E-state index in [4.69, 9.17) is 13.3 Å². The topological polar surface area (TPSA) is 115 Å². The predicted octanol–water partition coefficient (Wildman–Crippen LogP) is 5.02. The summed E-state index contributed by atoms with van der Waals surface area (Å²) in [6.07, 6.45) is -1.56. The Bertz CT molecular complexity index is 1010. The normalized spacial score (nSPS) is 14.7. The van der Waals surface area contributed by atoms with Crippen molar-refractivity contribution in [2.45, 2.75) is 83.9 Å². The van der Waals surface area contributed by atoms with E-state index in [1.807, 2.05) is 39.9 Å². The Morgan fingerprint density at radius 2 is 1.76 bits per heavy atom. The zero-order valence-electron chi connectivity index (χ0n) is 21.5. The van der Waals surface area contributed by atoms with Crippen molar-refractivity contribution in [1.82, 2.24) is 5.32 Å². The van der Waals surface area contributed by atoms with Gasteiger partial charge in [-0.2, -0.15) is 13.7 Å². The fraction of sp³-hybridized carbons (Fsp3) is 0.652. The van der Waals surface area contributed by atoms with Crippen molar-refractivity contribution in [2.24, 2.45) is 0 Å². The van der Waals surface area contributed by atoms with E-state index in [2.05, 4.69) is 5.32 Å². The first kappa shape index (κ1) is 30.0. The molecule has 1 N–H and O–H groups in total. The van der Waals surface area contributed by atoms with Crippen LogP contribution in [-0.4, -0.2) is 47.3 Å². The second-order valence-electron chi connectivity index (χ2n) is 10.8. The molecule has 0 aliphatic rings. The van der Waals surface area contributed by atoms with Crippen LogP contribution in [0.4, 0.5) is 9.18 Å². The van der Waals surface area contributed by atoms with Crippen LogP contribution in [0.3, 0.4) is 0 Å². The number of carbonyl (C=O) groups excluding carboxylic acids is 1. The van der Waals surface area contributed by atoms with Gasteiger partial charge < -0.3 is 14.5 Å². The molecule has 0 aromatic heterocycles. The summed E-state index contributed by atoms with van der Waals surface area (Å²) in [5, 5.41) is 11.7. The number of carbonyl (C=O) groups is 1. The van der Waals surface area contributed by atoms with Gasteiger partial charge in [0.25, 0.3) is 10.1 Å². The molecule has 1 aromatic rings. The number of hydrogen-bond donors (Lipinski definition) is 1. The molecule has 0 fully saturated rings. The molecule has 0 aliphatic carbocycles. The van der Waals surface area contributed by atoms with E-state index in [1.54, 1.807) is 20.8 Å². The summed E-state index contributed by atoms with van der Waals surface area (Å²) in [5.74, 6) is -0.690. The Morgan fingerprint density at radius 3 is 2.24 bits per heavy atom. The molecule has 0 spiro atoms. The van der Waals surface area contributed by atoms with Crippen molar-refractivity contribution < 1.29 is 30.9 Å². The van der Waals surface area contributed by atoms with Crippen LogP contribution in [0, 0.1) is 17.1 Å². The minimum Gasteiger partial charge on any atom is -0.444 e. The molecule has 8 nitrogen and oxygen atoms in total. The maximum absolute atomic E-state index is 14.1. The highest BCUT2D eigenvalue weighted by molar-refractivity contribution is 7.86. The van der Waals surface area contributed by atoms with Crippen LogP contribution in [0.2, 0.25) is 18.1 Å². The summed E-state index contributed by atoms with van der Waals surface area (Å²) in [4.78, 5) is 12.2. The first-order valence-electron chi connectivity index (χ1n) is 11.0. The first-order valence-corrected chi connectivity index (χ1v) is 15.7. The van der Waals surface area contributed by atoms with Crippen LogP contribution in [0.15, 0.2) is 18.2 Å². The molecule has 2 unspecified atom stereocenters. The van der Waals surface area contributed by atoms with Crippen molar-refractivity contribution in [3.8, 4) is 6.07 Å². The molecule has 2 atom stereocenters. The third-order valence-corrected chi connectivity index (χ3v) is 10.4. The standard InChI is InChI=1S/C23H37FN2O6SSi/c1-22(2,3)30-21(27)26-15-19(32-34(8,9)23(4,5)6)13-20(31-33(7,28)29)17-10-16(14-25)11-18(24)12-17/h10-12,19-20H,13,15H2,1-9H3,(H,26,27). The number of alkyl carbamates (subject to hydrolysis) is 1. The molecule has 0 saturated carbocycles. The van der Waals surface area contributed by atoms with E-state index in [1.165, 1.54) is 6.07 Å². The molecule has 0 heterocycles. The first-order chi connectivity index (χ1) is 15.2. The summed E-state index contributed by atoms with van der Waals surface area (Å²) >= 11 is 0. The molecule has 34 heavy (non-hydrogen) atoms. The Kier molecular flexibility index (Phi) is 9.85. The lowest BCUT2D eigenvalue weighted by Crippen LogP contribution is -2.48. The van der Waals surface area contributed by atoms with E-state index >= 15 is 0 Å². The van der Waals surface area contributed by atoms with Gasteiger partial charge in [-0.05, 0) is 62.7 Å². The van der Waals surface area contributed by atoms with Crippen LogP contribution in [0.5, 0.6) is 0 Å². The van der Waals surface area contributed by atoms with E-state index in [9.17, 15) is 22.9 Å². The highest BCUT2D eigenvalue weighted by Gasteiger charge is 2.40. The number of rotatable bonds is 9. The van der Waals surface area contributed by atoms with Gasteiger partial charge in [0.15, 0.2) is 8.32 Å². The monoisotopic (exact) mass is 516 g/mol. The average Bonchev–Trinajstić information content (AvgIpc) is 2.61. The van der Waals surface area contributed by atoms with Gasteiger partial charge in [0.2, 0.25) is 0 Å². The number of nitrogens with zero attached hydrogens (tertiary/aromatic N) is 1. The number of nitrogens with one attached hydrogen (secondary N) is 1. The van der Waals surface area contributed by atoms with E-state index in [-0.39, 0.29) is 29.1 Å². The summed E-state index contributed by atoms with van der Waals surface area (Å²) in [7, 11) is -6.30. The molecular weight excluding hydrogens is 479 g/mol. The largest absolute Gasteiger partial charge is 0.444 e. The molecule has 0 bridgehead atoms. The lowest BCUT2D eigenvalue weighted by atomic mass is 10.0. The van der Waals surface area contributed by atoms with Gasteiger partial charge in [0.05, 0.1) is 24.0 Å². The molecule has 192 valence electrons. The van der Waals surface area contributed by atoms with Crippen molar-refractivity contribution in [3.63, 3.8) is 0 Å². The number of hydrogen-bond acceptors (Lipinski definition) is 7. The minimum absolute atomic E-state index is 0.0102. The van der Waals surface area contributed by atoms with Crippen LogP contribution in [0.25, 0.3) is 0 Å². The lowest BCUT2D eigenvalue weighted by molar-refractivity contribution is 0.0468. The second kappa shape index (κ2) is 11.2. The Morgan fingerprint density at radius 1 is 1.18 bits per heavy atom. The Hall–Kier alpha value is -2.00. The Balaban J connectivity index is 3.32. The molecule has 11 heteroatoms. The zero-order valence-corrected chi connectivity index (χ0v) is 23.3. The van der Waals surface area contributed by atoms with Gasteiger partial charge in [-0.3, -0.25) is 4.18 Å². The van der Waals surface area contributed by atoms with Crippen LogP contribution >= 0.6 is 0 Å². The maximum atomic E-state index is 14.1. The van der Waals surface area contributed by atoms with E-state index in [0.29, 0.717) is 0 Å². The predicted molar refractivity (Wildman–Crippen MR) is 131 cm³/mol. The van der Waals surface area contributed by atoms with Gasteiger partial charge in [0.1, 0.15) is 17.5 Å². The van der Waals surface area contributed by atoms with Gasteiger partial charge in [-0.1, -0.05) is 20.8 Å². The molecule has 0 saturated heterocycles. The molecule has 0 radical (unpaired) electrons. The SMILES string of the molecule is CC(C)(C)OC(=O)NCC(CC(OS(C)(=O)=O)c1cc(F)cc(C#N)c1)O[Si](C)(C)C(C)(C)C. The molecule has 1 amide bonds. The quantitative estimate of drug-likeness (QED) is 0.362. The van der Waals surface area contributed by atoms with E-state index in [0.717, 1.165) is 18.4 Å². The van der Waals surface area contributed by atoms with Crippen LogP contribution < -0.4 is 5.32 Å². The molecular formula is C23H37FN2O6SSi. The summed E-state index contributed by atoms with van der Waals surface area (Å²) in [6, 6.07) is 5.41. The molecule has 1 rings (SSSR count). The van der Waals surface area contributed by atoms with Crippen molar-refractivity contribution >= 4 is 24.5 Å². The fourth-order valence-electron chi connectivity index (χ4n) is 2.82. The van der Waals surface area contributed by atoms with Crippen molar-refractivity contribution in [2.75, 3.05) is 12.8 Å².